The van der Waals surface area contributed by atoms with Gasteiger partial charge in [-0.1, -0.05) is 12.2 Å². The molecule has 1 aliphatic heterocycles. The van der Waals surface area contributed by atoms with Gasteiger partial charge in [-0.05, 0) is 0 Å². The second-order valence-corrected chi connectivity index (χ2v) is 2.77. The van der Waals surface area contributed by atoms with Crippen molar-refractivity contribution in [3.63, 3.8) is 0 Å². The Morgan fingerprint density at radius 3 is 2.08 bits per heavy atom. The van der Waals surface area contributed by atoms with Gasteiger partial charge in [0.25, 0.3) is 0 Å². The molecule has 4 nitrogen and oxygen atoms in total. The second kappa shape index (κ2) is 4.67. The van der Waals surface area contributed by atoms with E-state index in [0.717, 1.165) is 0 Å². The quantitative estimate of drug-likeness (QED) is 0.608. The van der Waals surface area contributed by atoms with E-state index in [4.69, 9.17) is 4.74 Å². The number of urea groups is 1. The fourth-order valence-corrected chi connectivity index (χ4v) is 1.14. The molecule has 0 N–H and O–H groups in total. The highest BCUT2D eigenvalue weighted by molar-refractivity contribution is 5.75. The molecule has 1 aliphatic rings. The maximum atomic E-state index is 11.6. The molecule has 13 heavy (non-hydrogen) atoms. The van der Waals surface area contributed by atoms with Gasteiger partial charge in [0.1, 0.15) is 13.5 Å². The fraction of sp³-hybridized carbons (Fsp3) is 0.444. The van der Waals surface area contributed by atoms with Gasteiger partial charge in [-0.3, -0.25) is 9.80 Å². The zero-order valence-electron chi connectivity index (χ0n) is 7.61. The highest BCUT2D eigenvalue weighted by atomic mass is 16.5. The van der Waals surface area contributed by atoms with E-state index in [-0.39, 0.29) is 6.03 Å². The van der Waals surface area contributed by atoms with Gasteiger partial charge in [0, 0.05) is 13.1 Å². The zero-order chi connectivity index (χ0) is 9.68. The summed E-state index contributed by atoms with van der Waals surface area (Å²) in [5, 5.41) is 0. The number of nitrogens with zero attached hydrogens (tertiary/aromatic N) is 2. The predicted molar refractivity (Wildman–Crippen MR) is 50.0 cm³/mol. The van der Waals surface area contributed by atoms with Gasteiger partial charge in [0.15, 0.2) is 0 Å². The number of hydrogen-bond donors (Lipinski definition) is 0. The Morgan fingerprint density at radius 1 is 1.23 bits per heavy atom. The van der Waals surface area contributed by atoms with E-state index in [2.05, 4.69) is 13.2 Å². The van der Waals surface area contributed by atoms with Gasteiger partial charge in [-0.2, -0.15) is 0 Å². The molecule has 0 unspecified atom stereocenters. The van der Waals surface area contributed by atoms with Crippen LogP contribution in [-0.4, -0.2) is 42.4 Å². The van der Waals surface area contributed by atoms with E-state index < -0.39 is 0 Å². The van der Waals surface area contributed by atoms with Gasteiger partial charge in [-0.25, -0.2) is 4.79 Å². The van der Waals surface area contributed by atoms with E-state index >= 15 is 0 Å². The Balaban J connectivity index is 2.54. The van der Waals surface area contributed by atoms with E-state index in [9.17, 15) is 4.79 Å². The lowest BCUT2D eigenvalue weighted by atomic mass is 10.5. The normalized spacial score (nSPS) is 17.4. The number of ether oxygens (including phenoxy) is 1. The van der Waals surface area contributed by atoms with Crippen LogP contribution >= 0.6 is 0 Å². The molecule has 0 atom stereocenters. The molecule has 0 aromatic carbocycles. The molecule has 0 bridgehead atoms. The lowest BCUT2D eigenvalue weighted by Crippen LogP contribution is -2.50. The van der Waals surface area contributed by atoms with E-state index in [1.54, 1.807) is 22.0 Å². The van der Waals surface area contributed by atoms with Crippen molar-refractivity contribution in [2.45, 2.75) is 0 Å². The van der Waals surface area contributed by atoms with Crippen molar-refractivity contribution in [1.82, 2.24) is 9.80 Å². The first-order valence-electron chi connectivity index (χ1n) is 4.13. The van der Waals surface area contributed by atoms with Crippen LogP contribution in [0.5, 0.6) is 0 Å². The van der Waals surface area contributed by atoms with Gasteiger partial charge in [0.05, 0.1) is 0 Å². The first kappa shape index (κ1) is 9.80. The van der Waals surface area contributed by atoms with Crippen LogP contribution in [0.4, 0.5) is 4.79 Å². The molecule has 0 aromatic rings. The van der Waals surface area contributed by atoms with Crippen LogP contribution in [0.1, 0.15) is 0 Å². The number of carbonyl (C=O) groups excluding carboxylic acids is 1. The van der Waals surface area contributed by atoms with Gasteiger partial charge in [0.2, 0.25) is 0 Å². The number of carbonyl (C=O) groups is 1. The lowest BCUT2D eigenvalue weighted by Gasteiger charge is -2.34. The number of hydrogen-bond acceptors (Lipinski definition) is 2. The van der Waals surface area contributed by atoms with Gasteiger partial charge >= 0.3 is 6.03 Å². The summed E-state index contributed by atoms with van der Waals surface area (Å²) in [4.78, 5) is 14.7. The molecule has 0 saturated carbocycles. The topological polar surface area (TPSA) is 32.8 Å². The Morgan fingerprint density at radius 2 is 1.69 bits per heavy atom. The van der Waals surface area contributed by atoms with Crippen LogP contribution in [0.15, 0.2) is 25.3 Å². The molecule has 72 valence electrons. The van der Waals surface area contributed by atoms with Crippen molar-refractivity contribution >= 4 is 6.03 Å². The second-order valence-electron chi connectivity index (χ2n) is 2.77. The summed E-state index contributed by atoms with van der Waals surface area (Å²) in [6.45, 7) is 8.88. The minimum atomic E-state index is -0.0222. The summed E-state index contributed by atoms with van der Waals surface area (Å²) in [6.07, 6.45) is 3.36. The standard InChI is InChI=1S/C9H14N2O2/c1-3-5-10-7-13-8-11(6-4-2)9(10)12/h3-4H,1-2,5-8H2. The monoisotopic (exact) mass is 182 g/mol. The molecule has 0 aliphatic carbocycles. The minimum absolute atomic E-state index is 0.0222. The largest absolute Gasteiger partial charge is 0.340 e. The van der Waals surface area contributed by atoms with Crippen LogP contribution in [0.3, 0.4) is 0 Å². The molecular formula is C9H14N2O2. The third-order valence-electron chi connectivity index (χ3n) is 1.73. The van der Waals surface area contributed by atoms with Crippen LogP contribution in [0.25, 0.3) is 0 Å². The molecule has 1 saturated heterocycles. The highest BCUT2D eigenvalue weighted by Crippen LogP contribution is 2.06. The lowest BCUT2D eigenvalue weighted by molar-refractivity contribution is -0.0440. The predicted octanol–water partition coefficient (Wildman–Crippen LogP) is 1.03. The molecule has 1 heterocycles. The van der Waals surface area contributed by atoms with Crippen LogP contribution in [0, 0.1) is 0 Å². The molecule has 1 fully saturated rings. The Kier molecular flexibility index (Phi) is 3.52. The van der Waals surface area contributed by atoms with Crippen LogP contribution in [0.2, 0.25) is 0 Å². The van der Waals surface area contributed by atoms with Crippen molar-refractivity contribution in [1.29, 1.82) is 0 Å². The minimum Gasteiger partial charge on any atom is -0.340 e. The van der Waals surface area contributed by atoms with Crippen molar-refractivity contribution in [3.8, 4) is 0 Å². The van der Waals surface area contributed by atoms with E-state index in [1.165, 1.54) is 0 Å². The average Bonchev–Trinajstić information content (AvgIpc) is 2.13. The highest BCUT2D eigenvalue weighted by Gasteiger charge is 2.23. The Bertz CT molecular complexity index is 196. The fourth-order valence-electron chi connectivity index (χ4n) is 1.14. The van der Waals surface area contributed by atoms with Gasteiger partial charge < -0.3 is 4.74 Å². The molecule has 0 spiro atoms. The molecule has 1 rings (SSSR count). The summed E-state index contributed by atoms with van der Waals surface area (Å²) in [6, 6.07) is -0.0222. The maximum Gasteiger partial charge on any atom is 0.324 e. The van der Waals surface area contributed by atoms with Crippen molar-refractivity contribution in [2.24, 2.45) is 0 Å². The zero-order valence-corrected chi connectivity index (χ0v) is 7.61. The van der Waals surface area contributed by atoms with Crippen LogP contribution in [-0.2, 0) is 4.74 Å². The van der Waals surface area contributed by atoms with Crippen molar-refractivity contribution in [2.75, 3.05) is 26.6 Å². The first-order chi connectivity index (χ1) is 6.29. The molecule has 2 amide bonds. The maximum absolute atomic E-state index is 11.6. The summed E-state index contributed by atoms with van der Waals surface area (Å²) in [7, 11) is 0. The Labute approximate surface area is 78.1 Å². The van der Waals surface area contributed by atoms with E-state index in [0.29, 0.717) is 26.6 Å². The third kappa shape index (κ3) is 2.32. The molecule has 0 aromatic heterocycles. The van der Waals surface area contributed by atoms with Gasteiger partial charge in [-0.15, -0.1) is 13.2 Å². The van der Waals surface area contributed by atoms with Crippen molar-refractivity contribution in [3.05, 3.63) is 25.3 Å². The summed E-state index contributed by atoms with van der Waals surface area (Å²) >= 11 is 0. The van der Waals surface area contributed by atoms with E-state index in [1.807, 2.05) is 0 Å². The summed E-state index contributed by atoms with van der Waals surface area (Å²) < 4.78 is 5.21. The summed E-state index contributed by atoms with van der Waals surface area (Å²) in [5.41, 5.74) is 0. The molecule has 4 heteroatoms. The first-order valence-corrected chi connectivity index (χ1v) is 4.13. The smallest absolute Gasteiger partial charge is 0.324 e. The Hall–Kier alpha value is -1.29. The van der Waals surface area contributed by atoms with Crippen molar-refractivity contribution < 1.29 is 9.53 Å². The summed E-state index contributed by atoms with van der Waals surface area (Å²) in [5.74, 6) is 0. The molecule has 0 radical (unpaired) electrons. The SMILES string of the molecule is C=CCN1COCN(CC=C)C1=O. The number of rotatable bonds is 4. The molecular weight excluding hydrogens is 168 g/mol. The number of amides is 2. The third-order valence-corrected chi connectivity index (χ3v) is 1.73. The average molecular weight is 182 g/mol. The van der Waals surface area contributed by atoms with Crippen LogP contribution < -0.4 is 0 Å².